The number of esters is 1. The van der Waals surface area contributed by atoms with Gasteiger partial charge in [0.1, 0.15) is 5.75 Å². The molecule has 1 aliphatic carbocycles. The Kier molecular flexibility index (Phi) is 15.7. The molecule has 1 saturated carbocycles. The van der Waals surface area contributed by atoms with Crippen LogP contribution in [0.2, 0.25) is 0 Å². The van der Waals surface area contributed by atoms with Gasteiger partial charge < -0.3 is 14.4 Å². The van der Waals surface area contributed by atoms with Crippen molar-refractivity contribution in [2.24, 2.45) is 11.8 Å². The van der Waals surface area contributed by atoms with Crippen molar-refractivity contribution < 1.29 is 14.3 Å². The summed E-state index contributed by atoms with van der Waals surface area (Å²) in [5, 5.41) is 0. The van der Waals surface area contributed by atoms with Crippen molar-refractivity contribution in [1.29, 1.82) is 0 Å². The Morgan fingerprint density at radius 1 is 1.10 bits per heavy atom. The lowest BCUT2D eigenvalue weighted by atomic mass is 9.78. The molecule has 0 saturated heterocycles. The molecule has 0 amide bonds. The Morgan fingerprint density at radius 2 is 1.83 bits per heavy atom. The standard InChI is InChI=1S/C37H53NO3/c1-8-25-38(35(23-18-29(4)9-2)28-32(7)37(39)40-10-3)26-24-30(5)34-21-19-33(20-22-34)16-13-14-27-41-36-17-12-11-15-31(36)6/h9,11-13,15-17,23,28,33-34H,2,4-5,8,10,14,18-22,24-27H2,1,3,6-7H3/b16-13+,32-28+,35-23+/t33-,34+. The summed E-state index contributed by atoms with van der Waals surface area (Å²) in [5.74, 6) is 1.94. The zero-order valence-corrected chi connectivity index (χ0v) is 26.1. The van der Waals surface area contributed by atoms with E-state index >= 15 is 0 Å². The number of para-hydroxylation sites is 1. The highest BCUT2D eigenvalue weighted by Gasteiger charge is 2.22. The molecule has 1 aliphatic rings. The number of allylic oxidation sites excluding steroid dienone is 5. The maximum absolute atomic E-state index is 12.3. The van der Waals surface area contributed by atoms with Crippen LogP contribution in [0.3, 0.4) is 0 Å². The van der Waals surface area contributed by atoms with E-state index in [1.54, 1.807) is 6.08 Å². The minimum absolute atomic E-state index is 0.272. The maximum Gasteiger partial charge on any atom is 0.333 e. The number of nitrogens with zero attached hydrogens (tertiary/aromatic N) is 1. The number of carbonyl (C=O) groups excluding carboxylic acids is 1. The monoisotopic (exact) mass is 559 g/mol. The third-order valence-corrected chi connectivity index (χ3v) is 7.78. The molecule has 1 aromatic carbocycles. The molecule has 0 spiro atoms. The average Bonchev–Trinajstić information content (AvgIpc) is 2.98. The van der Waals surface area contributed by atoms with E-state index in [4.69, 9.17) is 9.47 Å². The van der Waals surface area contributed by atoms with Crippen LogP contribution < -0.4 is 4.74 Å². The van der Waals surface area contributed by atoms with Crippen molar-refractivity contribution in [2.45, 2.75) is 79.1 Å². The van der Waals surface area contributed by atoms with Crippen molar-refractivity contribution in [2.75, 3.05) is 26.3 Å². The molecule has 41 heavy (non-hydrogen) atoms. The summed E-state index contributed by atoms with van der Waals surface area (Å²) in [6, 6.07) is 8.18. The number of aryl methyl sites for hydroxylation is 1. The van der Waals surface area contributed by atoms with E-state index < -0.39 is 0 Å². The summed E-state index contributed by atoms with van der Waals surface area (Å²) >= 11 is 0. The van der Waals surface area contributed by atoms with Crippen LogP contribution in [0.4, 0.5) is 0 Å². The summed E-state index contributed by atoms with van der Waals surface area (Å²) in [5.41, 5.74) is 5.13. The van der Waals surface area contributed by atoms with Gasteiger partial charge in [0.15, 0.2) is 0 Å². The Labute approximate surface area is 250 Å². The van der Waals surface area contributed by atoms with E-state index in [2.05, 4.69) is 62.8 Å². The first-order valence-electron chi connectivity index (χ1n) is 15.4. The molecule has 0 N–H and O–H groups in total. The fourth-order valence-electron chi connectivity index (χ4n) is 5.21. The number of carbonyl (C=O) groups is 1. The third kappa shape index (κ3) is 12.4. The van der Waals surface area contributed by atoms with Gasteiger partial charge in [-0.15, -0.1) is 0 Å². The summed E-state index contributed by atoms with van der Waals surface area (Å²) in [7, 11) is 0. The van der Waals surface area contributed by atoms with Crippen LogP contribution in [0.5, 0.6) is 5.75 Å². The zero-order valence-electron chi connectivity index (χ0n) is 26.1. The summed E-state index contributed by atoms with van der Waals surface area (Å²) < 4.78 is 11.1. The predicted molar refractivity (Wildman–Crippen MR) is 174 cm³/mol. The maximum atomic E-state index is 12.3. The molecule has 0 aliphatic heterocycles. The van der Waals surface area contributed by atoms with Crippen LogP contribution in [-0.4, -0.2) is 37.2 Å². The fourth-order valence-corrected chi connectivity index (χ4v) is 5.21. The van der Waals surface area contributed by atoms with E-state index in [0.29, 0.717) is 37.0 Å². The number of rotatable bonds is 18. The van der Waals surface area contributed by atoms with Crippen LogP contribution in [0.15, 0.2) is 96.8 Å². The summed E-state index contributed by atoms with van der Waals surface area (Å²) in [6.45, 7) is 23.2. The Hall–Kier alpha value is -3.27. The Bertz CT molecular complexity index is 1090. The van der Waals surface area contributed by atoms with Gasteiger partial charge in [0.2, 0.25) is 0 Å². The molecule has 0 heterocycles. The number of ether oxygens (including phenoxy) is 2. The first-order chi connectivity index (χ1) is 19.8. The summed E-state index contributed by atoms with van der Waals surface area (Å²) in [6.07, 6.45) is 19.0. The number of hydrogen-bond donors (Lipinski definition) is 0. The quantitative estimate of drug-likeness (QED) is 0.0590. The number of benzene rings is 1. The molecule has 4 heteroatoms. The largest absolute Gasteiger partial charge is 0.493 e. The third-order valence-electron chi connectivity index (χ3n) is 7.78. The van der Waals surface area contributed by atoms with Gasteiger partial charge in [-0.25, -0.2) is 4.79 Å². The van der Waals surface area contributed by atoms with Crippen molar-refractivity contribution in [3.63, 3.8) is 0 Å². The molecule has 1 aromatic rings. The second-order valence-electron chi connectivity index (χ2n) is 11.1. The van der Waals surface area contributed by atoms with Crippen LogP contribution >= 0.6 is 0 Å². The molecule has 2 rings (SSSR count). The Balaban J connectivity index is 1.89. The van der Waals surface area contributed by atoms with Gasteiger partial charge in [-0.1, -0.05) is 80.3 Å². The van der Waals surface area contributed by atoms with Gasteiger partial charge in [0.05, 0.1) is 13.2 Å². The normalized spacial score (nSPS) is 17.8. The van der Waals surface area contributed by atoms with Gasteiger partial charge in [-0.2, -0.15) is 0 Å². The van der Waals surface area contributed by atoms with Crippen molar-refractivity contribution in [3.05, 3.63) is 102 Å². The lowest BCUT2D eigenvalue weighted by Gasteiger charge is -2.31. The molecule has 0 radical (unpaired) electrons. The molecular formula is C37H53NO3. The van der Waals surface area contributed by atoms with Gasteiger partial charge in [0.25, 0.3) is 0 Å². The highest BCUT2D eigenvalue weighted by Crippen LogP contribution is 2.35. The molecule has 224 valence electrons. The van der Waals surface area contributed by atoms with E-state index in [-0.39, 0.29) is 5.97 Å². The second kappa shape index (κ2) is 19.0. The molecule has 4 nitrogen and oxygen atoms in total. The van der Waals surface area contributed by atoms with Crippen LogP contribution in [0, 0.1) is 18.8 Å². The second-order valence-corrected chi connectivity index (χ2v) is 11.1. The summed E-state index contributed by atoms with van der Waals surface area (Å²) in [4.78, 5) is 14.7. The molecule has 1 fully saturated rings. The van der Waals surface area contributed by atoms with E-state index in [1.807, 2.05) is 38.1 Å². The van der Waals surface area contributed by atoms with Crippen LogP contribution in [0.25, 0.3) is 0 Å². The van der Waals surface area contributed by atoms with E-state index in [9.17, 15) is 4.79 Å². The van der Waals surface area contributed by atoms with Crippen molar-refractivity contribution >= 4 is 5.97 Å². The van der Waals surface area contributed by atoms with Gasteiger partial charge >= 0.3 is 5.97 Å². The number of hydrogen-bond acceptors (Lipinski definition) is 4. The van der Waals surface area contributed by atoms with Gasteiger partial charge in [-0.3, -0.25) is 0 Å². The lowest BCUT2D eigenvalue weighted by Crippen LogP contribution is -2.26. The van der Waals surface area contributed by atoms with E-state index in [0.717, 1.165) is 49.4 Å². The fraction of sp³-hybridized carbons (Fsp3) is 0.486. The Morgan fingerprint density at radius 3 is 2.49 bits per heavy atom. The molecule has 0 aromatic heterocycles. The minimum Gasteiger partial charge on any atom is -0.493 e. The molecule has 0 bridgehead atoms. The highest BCUT2D eigenvalue weighted by atomic mass is 16.5. The lowest BCUT2D eigenvalue weighted by molar-refractivity contribution is -0.138. The first-order valence-corrected chi connectivity index (χ1v) is 15.4. The smallest absolute Gasteiger partial charge is 0.333 e. The van der Waals surface area contributed by atoms with Crippen molar-refractivity contribution in [3.8, 4) is 5.75 Å². The van der Waals surface area contributed by atoms with Gasteiger partial charge in [0, 0.05) is 24.4 Å². The molecule has 0 unspecified atom stereocenters. The SMILES string of the molecule is C=CC(=C)C/C=C(\C=C(/C)C(=O)OCC)N(CCC)CCC(=C)[C@H]1CC[C@@H](/C=C/CCOc2ccccc2C)CC1. The van der Waals surface area contributed by atoms with Gasteiger partial charge in [-0.05, 0) is 102 Å². The van der Waals surface area contributed by atoms with Crippen LogP contribution in [-0.2, 0) is 9.53 Å². The molecule has 0 atom stereocenters. The van der Waals surface area contributed by atoms with Crippen molar-refractivity contribution in [1.82, 2.24) is 4.90 Å². The molecular weight excluding hydrogens is 506 g/mol. The predicted octanol–water partition coefficient (Wildman–Crippen LogP) is 9.31. The first kappa shape index (κ1) is 33.9. The topological polar surface area (TPSA) is 38.8 Å². The van der Waals surface area contributed by atoms with Crippen LogP contribution in [0.1, 0.15) is 77.7 Å². The zero-order chi connectivity index (χ0) is 30.0. The van der Waals surface area contributed by atoms with E-state index in [1.165, 1.54) is 36.8 Å². The highest BCUT2D eigenvalue weighted by molar-refractivity contribution is 5.88. The average molecular weight is 560 g/mol. The minimum atomic E-state index is -0.272.